The molecule has 0 saturated carbocycles. The van der Waals surface area contributed by atoms with Crippen LogP contribution in [0.15, 0.2) is 54.6 Å². The highest BCUT2D eigenvalue weighted by Gasteiger charge is 2.26. The van der Waals surface area contributed by atoms with Gasteiger partial charge >= 0.3 is 6.03 Å². The van der Waals surface area contributed by atoms with E-state index in [1.54, 1.807) is 7.11 Å². The van der Waals surface area contributed by atoms with Crippen LogP contribution in [0.2, 0.25) is 0 Å². The number of aryl methyl sites for hydroxylation is 1. The molecule has 0 unspecified atom stereocenters. The maximum absolute atomic E-state index is 12.5. The number of amides is 2. The molecule has 1 aliphatic heterocycles. The number of carbonyl (C=O) groups is 1. The fourth-order valence-electron chi connectivity index (χ4n) is 4.42. The summed E-state index contributed by atoms with van der Waals surface area (Å²) < 4.78 is 5.58. The molecule has 3 aromatic rings. The summed E-state index contributed by atoms with van der Waals surface area (Å²) in [6.07, 6.45) is 0.721. The number of carbonyl (C=O) groups excluding carboxylic acids is 1. The minimum absolute atomic E-state index is 0.00707. The average molecular weight is 474 g/mol. The van der Waals surface area contributed by atoms with Gasteiger partial charge in [0, 0.05) is 56.9 Å². The first-order valence-electron chi connectivity index (χ1n) is 12.2. The predicted molar refractivity (Wildman–Crippen MR) is 140 cm³/mol. The normalized spacial score (nSPS) is 13.9. The first-order valence-corrected chi connectivity index (χ1v) is 12.2. The monoisotopic (exact) mass is 473 g/mol. The maximum atomic E-state index is 12.5. The van der Waals surface area contributed by atoms with Crippen molar-refractivity contribution in [3.8, 4) is 11.4 Å². The summed E-state index contributed by atoms with van der Waals surface area (Å²) in [7, 11) is 1.70. The number of nitrogens with zero attached hydrogens (tertiary/aromatic N) is 4. The fraction of sp³-hybridized carbons (Fsp3) is 0.393. The molecule has 2 aromatic carbocycles. The zero-order valence-corrected chi connectivity index (χ0v) is 21.1. The van der Waals surface area contributed by atoms with E-state index in [1.807, 2.05) is 49.1 Å². The van der Waals surface area contributed by atoms with E-state index in [9.17, 15) is 4.79 Å². The maximum Gasteiger partial charge on any atom is 0.317 e. The third kappa shape index (κ3) is 6.17. The van der Waals surface area contributed by atoms with E-state index in [0.29, 0.717) is 38.6 Å². The van der Waals surface area contributed by atoms with E-state index in [1.165, 1.54) is 11.1 Å². The van der Waals surface area contributed by atoms with Crippen molar-refractivity contribution in [1.82, 2.24) is 20.2 Å². The van der Waals surface area contributed by atoms with E-state index in [0.717, 1.165) is 29.1 Å². The first kappa shape index (κ1) is 24.7. The van der Waals surface area contributed by atoms with Gasteiger partial charge in [-0.1, -0.05) is 60.2 Å². The highest BCUT2D eigenvalue weighted by Crippen LogP contribution is 2.29. The van der Waals surface area contributed by atoms with Gasteiger partial charge in [-0.2, -0.15) is 0 Å². The second kappa shape index (κ2) is 11.3. The number of anilines is 1. The van der Waals surface area contributed by atoms with E-state index < -0.39 is 0 Å². The molecule has 0 aliphatic carbocycles. The van der Waals surface area contributed by atoms with Crippen LogP contribution in [-0.2, 0) is 17.8 Å². The van der Waals surface area contributed by atoms with Crippen LogP contribution in [0.4, 0.5) is 10.6 Å². The highest BCUT2D eigenvalue weighted by molar-refractivity contribution is 5.75. The molecule has 2 amide bonds. The molecule has 35 heavy (non-hydrogen) atoms. The van der Waals surface area contributed by atoms with Gasteiger partial charge in [0.15, 0.2) is 5.82 Å². The predicted octanol–water partition coefficient (Wildman–Crippen LogP) is 4.43. The molecule has 1 saturated heterocycles. The summed E-state index contributed by atoms with van der Waals surface area (Å²) >= 11 is 0. The second-order valence-corrected chi connectivity index (χ2v) is 9.34. The Morgan fingerprint density at radius 2 is 1.77 bits per heavy atom. The van der Waals surface area contributed by atoms with Crippen molar-refractivity contribution in [1.29, 1.82) is 0 Å². The van der Waals surface area contributed by atoms with Gasteiger partial charge in [-0.15, -0.1) is 0 Å². The molecular formula is C28H35N5O2. The molecule has 7 heteroatoms. The van der Waals surface area contributed by atoms with E-state index in [2.05, 4.69) is 41.4 Å². The van der Waals surface area contributed by atoms with Crippen molar-refractivity contribution in [2.75, 3.05) is 38.2 Å². The number of hydrogen-bond donors (Lipinski definition) is 1. The van der Waals surface area contributed by atoms with Crippen molar-refractivity contribution in [3.05, 3.63) is 77.0 Å². The Hall–Kier alpha value is -3.45. The van der Waals surface area contributed by atoms with Crippen molar-refractivity contribution >= 4 is 11.8 Å². The van der Waals surface area contributed by atoms with Gasteiger partial charge in [0.1, 0.15) is 5.82 Å². The Labute approximate surface area is 208 Å². The van der Waals surface area contributed by atoms with Crippen molar-refractivity contribution in [2.45, 2.75) is 39.8 Å². The minimum Gasteiger partial charge on any atom is -0.378 e. The quantitative estimate of drug-likeness (QED) is 0.550. The molecule has 0 radical (unpaired) electrons. The fourth-order valence-corrected chi connectivity index (χ4v) is 4.42. The molecule has 7 nitrogen and oxygen atoms in total. The lowest BCUT2D eigenvalue weighted by Crippen LogP contribution is -2.53. The summed E-state index contributed by atoms with van der Waals surface area (Å²) in [6.45, 7) is 9.20. The Kier molecular flexibility index (Phi) is 7.98. The number of nitrogens with one attached hydrogen (secondary N) is 1. The number of aromatic nitrogens is 2. The van der Waals surface area contributed by atoms with Gasteiger partial charge < -0.3 is 19.9 Å². The van der Waals surface area contributed by atoms with Gasteiger partial charge in [0.2, 0.25) is 0 Å². The topological polar surface area (TPSA) is 70.6 Å². The molecule has 4 rings (SSSR count). The number of ether oxygens (including phenoxy) is 1. The standard InChI is InChI=1S/C28H35N5O2/c1-20(2)29-28(34)33-15-13-32(14-16-33)27-24(18-22-10-8-9-21(3)17-22)25(19-35-4)30-26(31-27)23-11-6-5-7-12-23/h5-12,17,20H,13-16,18-19H2,1-4H3,(H,29,34). The van der Waals surface area contributed by atoms with Crippen LogP contribution in [0.5, 0.6) is 0 Å². The number of benzene rings is 2. The highest BCUT2D eigenvalue weighted by atomic mass is 16.5. The zero-order valence-electron chi connectivity index (χ0n) is 21.1. The first-order chi connectivity index (χ1) is 16.9. The van der Waals surface area contributed by atoms with Crippen LogP contribution < -0.4 is 10.2 Å². The molecule has 184 valence electrons. The number of methoxy groups -OCH3 is 1. The summed E-state index contributed by atoms with van der Waals surface area (Å²) in [5, 5.41) is 3.00. The molecule has 2 heterocycles. The Balaban J connectivity index is 1.71. The number of rotatable bonds is 7. The third-order valence-electron chi connectivity index (χ3n) is 6.13. The van der Waals surface area contributed by atoms with Crippen LogP contribution >= 0.6 is 0 Å². The second-order valence-electron chi connectivity index (χ2n) is 9.34. The van der Waals surface area contributed by atoms with Gasteiger partial charge in [0.05, 0.1) is 12.3 Å². The van der Waals surface area contributed by atoms with E-state index >= 15 is 0 Å². The molecule has 1 N–H and O–H groups in total. The number of urea groups is 1. The summed E-state index contributed by atoms with van der Waals surface area (Å²) in [6, 6.07) is 18.7. The molecule has 0 spiro atoms. The Morgan fingerprint density at radius 1 is 1.03 bits per heavy atom. The van der Waals surface area contributed by atoms with Crippen molar-refractivity contribution in [3.63, 3.8) is 0 Å². The average Bonchev–Trinajstić information content (AvgIpc) is 2.85. The lowest BCUT2D eigenvalue weighted by molar-refractivity contribution is 0.180. The van der Waals surface area contributed by atoms with Gasteiger partial charge in [-0.3, -0.25) is 0 Å². The smallest absolute Gasteiger partial charge is 0.317 e. The van der Waals surface area contributed by atoms with Crippen LogP contribution in [0.3, 0.4) is 0 Å². The Morgan fingerprint density at radius 3 is 2.43 bits per heavy atom. The van der Waals surface area contributed by atoms with Crippen LogP contribution in [0.1, 0.15) is 36.2 Å². The lowest BCUT2D eigenvalue weighted by atomic mass is 10.0. The van der Waals surface area contributed by atoms with Crippen LogP contribution in [0, 0.1) is 6.92 Å². The van der Waals surface area contributed by atoms with Crippen LogP contribution in [-0.4, -0.2) is 60.2 Å². The lowest BCUT2D eigenvalue weighted by Gasteiger charge is -2.37. The largest absolute Gasteiger partial charge is 0.378 e. The van der Waals surface area contributed by atoms with Gasteiger partial charge in [-0.25, -0.2) is 14.8 Å². The molecule has 0 atom stereocenters. The molecule has 1 aliphatic rings. The minimum atomic E-state index is -0.00707. The summed E-state index contributed by atoms with van der Waals surface area (Å²) in [5.41, 5.74) is 5.40. The Bertz CT molecular complexity index is 1140. The zero-order chi connectivity index (χ0) is 24.8. The number of hydrogen-bond acceptors (Lipinski definition) is 5. The molecular weight excluding hydrogens is 438 g/mol. The molecule has 0 bridgehead atoms. The summed E-state index contributed by atoms with van der Waals surface area (Å²) in [4.78, 5) is 26.7. The van der Waals surface area contributed by atoms with Crippen molar-refractivity contribution in [2.24, 2.45) is 0 Å². The van der Waals surface area contributed by atoms with Crippen LogP contribution in [0.25, 0.3) is 11.4 Å². The SMILES string of the molecule is COCc1nc(-c2ccccc2)nc(N2CCN(C(=O)NC(C)C)CC2)c1Cc1cccc(C)c1. The van der Waals surface area contributed by atoms with Crippen molar-refractivity contribution < 1.29 is 9.53 Å². The number of piperazine rings is 1. The van der Waals surface area contributed by atoms with E-state index in [-0.39, 0.29) is 12.1 Å². The third-order valence-corrected chi connectivity index (χ3v) is 6.13. The van der Waals surface area contributed by atoms with E-state index in [4.69, 9.17) is 14.7 Å². The molecule has 1 aromatic heterocycles. The van der Waals surface area contributed by atoms with Gasteiger partial charge in [0.25, 0.3) is 0 Å². The summed E-state index contributed by atoms with van der Waals surface area (Å²) in [5.74, 6) is 1.62. The molecule has 1 fully saturated rings. The van der Waals surface area contributed by atoms with Gasteiger partial charge in [-0.05, 0) is 26.3 Å².